The third-order valence-corrected chi connectivity index (χ3v) is 2.33. The first kappa shape index (κ1) is 11.9. The minimum Gasteiger partial charge on any atom is -0.493 e. The summed E-state index contributed by atoms with van der Waals surface area (Å²) < 4.78 is 15.4. The summed E-state index contributed by atoms with van der Waals surface area (Å²) in [5.41, 5.74) is -0.120. The van der Waals surface area contributed by atoms with E-state index in [1.165, 1.54) is 19.2 Å². The van der Waals surface area contributed by atoms with Gasteiger partial charge in [0.2, 0.25) is 18.8 Å². The molecule has 0 unspecified atom stereocenters. The van der Waals surface area contributed by atoms with Gasteiger partial charge < -0.3 is 14.2 Å². The second kappa shape index (κ2) is 4.74. The number of carbonyl (C=O) groups excluding carboxylic acids is 1. The Bertz CT molecular complexity index is 537. The molecule has 0 bridgehead atoms. The molecule has 1 aliphatic rings. The van der Waals surface area contributed by atoms with Crippen molar-refractivity contribution in [1.29, 1.82) is 0 Å². The van der Waals surface area contributed by atoms with Gasteiger partial charge in [0.15, 0.2) is 11.5 Å². The van der Waals surface area contributed by atoms with E-state index in [9.17, 15) is 14.9 Å². The largest absolute Gasteiger partial charge is 0.493 e. The zero-order valence-corrected chi connectivity index (χ0v) is 9.41. The third-order valence-electron chi connectivity index (χ3n) is 2.33. The van der Waals surface area contributed by atoms with Crippen LogP contribution in [0.3, 0.4) is 0 Å². The van der Waals surface area contributed by atoms with Gasteiger partial charge >= 0.3 is 5.70 Å². The molecule has 0 aromatic heterocycles. The van der Waals surface area contributed by atoms with Crippen LogP contribution in [0.15, 0.2) is 17.8 Å². The number of nitrogens with zero attached hydrogens (tertiary/aromatic N) is 1. The van der Waals surface area contributed by atoms with Gasteiger partial charge in [0, 0.05) is 6.08 Å². The van der Waals surface area contributed by atoms with Crippen molar-refractivity contribution in [2.24, 2.45) is 0 Å². The van der Waals surface area contributed by atoms with Crippen molar-refractivity contribution in [2.45, 2.75) is 0 Å². The van der Waals surface area contributed by atoms with Crippen molar-refractivity contribution in [3.05, 3.63) is 33.5 Å². The predicted molar refractivity (Wildman–Crippen MR) is 60.2 cm³/mol. The fourth-order valence-electron chi connectivity index (χ4n) is 1.53. The lowest BCUT2D eigenvalue weighted by Crippen LogP contribution is -1.99. The molecule has 18 heavy (non-hydrogen) atoms. The topological polar surface area (TPSA) is 87.9 Å². The molecular formula is C11H9NO6. The average molecular weight is 251 g/mol. The Morgan fingerprint density at radius 2 is 2.28 bits per heavy atom. The summed E-state index contributed by atoms with van der Waals surface area (Å²) >= 11 is 0. The van der Waals surface area contributed by atoms with Crippen LogP contribution in [-0.2, 0) is 4.79 Å². The lowest BCUT2D eigenvalue weighted by molar-refractivity contribution is -0.415. The Balaban J connectivity index is 2.47. The molecular weight excluding hydrogens is 242 g/mol. The van der Waals surface area contributed by atoms with E-state index < -0.39 is 10.6 Å². The second-order valence-corrected chi connectivity index (χ2v) is 3.40. The maximum atomic E-state index is 10.5. The Labute approximate surface area is 102 Å². The molecule has 0 fully saturated rings. The quantitative estimate of drug-likeness (QED) is 0.346. The molecule has 1 heterocycles. The van der Waals surface area contributed by atoms with E-state index in [4.69, 9.17) is 14.2 Å². The fourth-order valence-corrected chi connectivity index (χ4v) is 1.53. The van der Waals surface area contributed by atoms with Gasteiger partial charge in [0.25, 0.3) is 0 Å². The summed E-state index contributed by atoms with van der Waals surface area (Å²) in [6.45, 7) is 0.0641. The van der Waals surface area contributed by atoms with E-state index >= 15 is 0 Å². The first-order chi connectivity index (χ1) is 8.65. The normalized spacial score (nSPS) is 13.3. The molecule has 0 saturated carbocycles. The van der Waals surface area contributed by atoms with E-state index in [1.807, 2.05) is 0 Å². The minimum absolute atomic E-state index is 0.0641. The Hall–Kier alpha value is -2.57. The molecule has 1 aromatic rings. The summed E-state index contributed by atoms with van der Waals surface area (Å²) in [5, 5.41) is 10.5. The number of benzene rings is 1. The highest BCUT2D eigenvalue weighted by Crippen LogP contribution is 2.42. The van der Waals surface area contributed by atoms with Crippen molar-refractivity contribution in [1.82, 2.24) is 0 Å². The van der Waals surface area contributed by atoms with E-state index in [1.54, 1.807) is 0 Å². The molecule has 0 spiro atoms. The van der Waals surface area contributed by atoms with E-state index in [-0.39, 0.29) is 13.1 Å². The number of nitro groups is 1. The molecule has 1 aromatic carbocycles. The number of aldehydes is 1. The number of methoxy groups -OCH3 is 1. The van der Waals surface area contributed by atoms with Gasteiger partial charge in [-0.15, -0.1) is 0 Å². The summed E-state index contributed by atoms with van der Waals surface area (Å²) in [5.74, 6) is 1.27. The molecule has 7 nitrogen and oxygen atoms in total. The average Bonchev–Trinajstić information content (AvgIpc) is 2.82. The molecule has 0 aliphatic carbocycles. The van der Waals surface area contributed by atoms with E-state index in [0.717, 1.165) is 6.08 Å². The first-order valence-corrected chi connectivity index (χ1v) is 4.94. The fraction of sp³-hybridized carbons (Fsp3) is 0.182. The van der Waals surface area contributed by atoms with Gasteiger partial charge in [0.1, 0.15) is 0 Å². The monoisotopic (exact) mass is 251 g/mol. The van der Waals surface area contributed by atoms with Gasteiger partial charge in [-0.2, -0.15) is 0 Å². The van der Waals surface area contributed by atoms with Crippen LogP contribution >= 0.6 is 0 Å². The van der Waals surface area contributed by atoms with Crippen LogP contribution in [-0.4, -0.2) is 25.1 Å². The van der Waals surface area contributed by atoms with Crippen LogP contribution in [0.2, 0.25) is 0 Å². The van der Waals surface area contributed by atoms with E-state index in [0.29, 0.717) is 22.8 Å². The predicted octanol–water partition coefficient (Wildman–Crippen LogP) is 1.24. The summed E-state index contributed by atoms with van der Waals surface area (Å²) in [4.78, 5) is 20.3. The molecule has 94 valence electrons. The van der Waals surface area contributed by atoms with Crippen LogP contribution in [0.25, 0.3) is 6.08 Å². The van der Waals surface area contributed by atoms with Crippen molar-refractivity contribution in [2.75, 3.05) is 13.9 Å². The van der Waals surface area contributed by atoms with Gasteiger partial charge in [0.05, 0.1) is 12.0 Å². The lowest BCUT2D eigenvalue weighted by Gasteiger charge is -2.05. The summed E-state index contributed by atoms with van der Waals surface area (Å²) in [6.07, 6.45) is 1.31. The van der Waals surface area contributed by atoms with Crippen LogP contribution in [0.1, 0.15) is 5.56 Å². The number of hydrogen-bond acceptors (Lipinski definition) is 6. The Kier molecular flexibility index (Phi) is 3.13. The van der Waals surface area contributed by atoms with Crippen LogP contribution in [0.5, 0.6) is 17.2 Å². The van der Waals surface area contributed by atoms with Gasteiger partial charge in [-0.05, 0) is 17.7 Å². The van der Waals surface area contributed by atoms with Crippen LogP contribution in [0.4, 0.5) is 0 Å². The van der Waals surface area contributed by atoms with Crippen LogP contribution < -0.4 is 14.2 Å². The number of rotatable bonds is 4. The molecule has 0 radical (unpaired) electrons. The molecule has 1 aliphatic heterocycles. The molecule has 0 atom stereocenters. The highest BCUT2D eigenvalue weighted by Gasteiger charge is 2.20. The molecule has 2 rings (SSSR count). The maximum Gasteiger partial charge on any atom is 0.309 e. The van der Waals surface area contributed by atoms with Crippen molar-refractivity contribution < 1.29 is 23.9 Å². The summed E-state index contributed by atoms with van der Waals surface area (Å²) in [7, 11) is 1.44. The van der Waals surface area contributed by atoms with Crippen molar-refractivity contribution >= 4 is 12.4 Å². The van der Waals surface area contributed by atoms with Crippen molar-refractivity contribution in [3.63, 3.8) is 0 Å². The zero-order chi connectivity index (χ0) is 13.1. The zero-order valence-electron chi connectivity index (χ0n) is 9.41. The van der Waals surface area contributed by atoms with Gasteiger partial charge in [-0.1, -0.05) is 0 Å². The van der Waals surface area contributed by atoms with Crippen LogP contribution in [0, 0.1) is 10.1 Å². The van der Waals surface area contributed by atoms with Crippen molar-refractivity contribution in [3.8, 4) is 17.2 Å². The lowest BCUT2D eigenvalue weighted by atomic mass is 10.1. The molecule has 7 heteroatoms. The second-order valence-electron chi connectivity index (χ2n) is 3.40. The van der Waals surface area contributed by atoms with E-state index in [2.05, 4.69) is 0 Å². The number of ether oxygens (including phenoxy) is 3. The smallest absolute Gasteiger partial charge is 0.309 e. The Morgan fingerprint density at radius 1 is 1.50 bits per heavy atom. The number of allylic oxidation sites excluding steroid dienone is 1. The minimum atomic E-state index is -0.760. The standard InChI is InChI=1S/C11H9NO6/c1-16-9-3-7(2-8(5-13)12(14)15)4-10-11(9)18-6-17-10/h2-5H,6H2,1H3. The SMILES string of the molecule is COc1cc(C=C(C=O)[N+](=O)[O-])cc2c1OCO2. The summed E-state index contributed by atoms with van der Waals surface area (Å²) in [6, 6.07) is 3.07. The van der Waals surface area contributed by atoms with Gasteiger partial charge in [-0.3, -0.25) is 14.9 Å². The Morgan fingerprint density at radius 3 is 2.89 bits per heavy atom. The van der Waals surface area contributed by atoms with Gasteiger partial charge in [-0.25, -0.2) is 0 Å². The number of carbonyl (C=O) groups is 1. The highest BCUT2D eigenvalue weighted by atomic mass is 16.7. The molecule has 0 N–H and O–H groups in total. The highest BCUT2D eigenvalue weighted by molar-refractivity contribution is 5.79. The third kappa shape index (κ3) is 2.10. The molecule has 0 amide bonds. The molecule has 0 saturated heterocycles. The number of hydrogen-bond donors (Lipinski definition) is 0. The maximum absolute atomic E-state index is 10.5. The number of fused-ring (bicyclic) bond motifs is 1. The first-order valence-electron chi connectivity index (χ1n) is 4.94.